The Morgan fingerprint density at radius 2 is 1.77 bits per heavy atom. The van der Waals surface area contributed by atoms with Gasteiger partial charge in [-0.25, -0.2) is 9.78 Å². The molecule has 0 radical (unpaired) electrons. The molecule has 112 valence electrons. The molecule has 3 rings (SSSR count). The lowest BCUT2D eigenvalue weighted by Crippen LogP contribution is -2.08. The molecule has 5 nitrogen and oxygen atoms in total. The van der Waals surface area contributed by atoms with Gasteiger partial charge in [0.1, 0.15) is 5.82 Å². The Morgan fingerprint density at radius 1 is 1.09 bits per heavy atom. The lowest BCUT2D eigenvalue weighted by Gasteiger charge is -2.05. The lowest BCUT2D eigenvalue weighted by molar-refractivity contribution is 0.0697. The van der Waals surface area contributed by atoms with Crippen LogP contribution in [0, 0.1) is 6.92 Å². The van der Waals surface area contributed by atoms with Gasteiger partial charge >= 0.3 is 5.97 Å². The van der Waals surface area contributed by atoms with Crippen molar-refractivity contribution in [3.8, 4) is 11.4 Å². The van der Waals surface area contributed by atoms with Crippen molar-refractivity contribution in [2.45, 2.75) is 6.92 Å². The number of aromatic carboxylic acids is 1. The van der Waals surface area contributed by atoms with Crippen molar-refractivity contribution in [2.24, 2.45) is 0 Å². The third kappa shape index (κ3) is 2.99. The van der Waals surface area contributed by atoms with E-state index in [0.29, 0.717) is 11.5 Å². The molecule has 22 heavy (non-hydrogen) atoms. The van der Waals surface area contributed by atoms with Gasteiger partial charge in [-0.1, -0.05) is 18.2 Å². The highest BCUT2D eigenvalue weighted by Gasteiger charge is 2.06. The van der Waals surface area contributed by atoms with Gasteiger partial charge in [-0.3, -0.25) is 4.79 Å². The molecule has 0 spiro atoms. The van der Waals surface area contributed by atoms with Gasteiger partial charge in [-0.15, -0.1) is 12.4 Å². The molecule has 1 aromatic heterocycles. The lowest BCUT2D eigenvalue weighted by atomic mass is 10.0. The smallest absolute Gasteiger partial charge is 0.335 e. The number of hydrogen-bond acceptors (Lipinski definition) is 3. The highest BCUT2D eigenvalue weighted by Crippen LogP contribution is 2.22. The molecule has 0 saturated heterocycles. The Labute approximate surface area is 132 Å². The number of benzene rings is 2. The standard InChI is InChI=1S/C16H12N2O3.ClH/c1-9-6-14(19)18-15(17-9)12-4-2-11-8-13(16(20)21)5-3-10(11)7-12;/h2-8H,1H3,(H,20,21)(H,17,18,19);1H. The van der Waals surface area contributed by atoms with Crippen LogP contribution in [0.3, 0.4) is 0 Å². The van der Waals surface area contributed by atoms with E-state index in [1.165, 1.54) is 6.07 Å². The van der Waals surface area contributed by atoms with E-state index in [1.54, 1.807) is 25.1 Å². The molecule has 0 aliphatic heterocycles. The Bertz CT molecular complexity index is 919. The van der Waals surface area contributed by atoms with Crippen LogP contribution in [0.25, 0.3) is 22.2 Å². The molecule has 6 heteroatoms. The Morgan fingerprint density at radius 3 is 2.45 bits per heavy atom. The van der Waals surface area contributed by atoms with Gasteiger partial charge in [-0.2, -0.15) is 0 Å². The largest absolute Gasteiger partial charge is 0.478 e. The average Bonchev–Trinajstić information content (AvgIpc) is 2.45. The molecule has 2 N–H and O–H groups in total. The van der Waals surface area contributed by atoms with E-state index in [-0.39, 0.29) is 23.5 Å². The van der Waals surface area contributed by atoms with Gasteiger partial charge < -0.3 is 10.1 Å². The van der Waals surface area contributed by atoms with E-state index in [2.05, 4.69) is 9.97 Å². The Balaban J connectivity index is 0.00000176. The zero-order valence-corrected chi connectivity index (χ0v) is 12.5. The fourth-order valence-electron chi connectivity index (χ4n) is 2.24. The first-order chi connectivity index (χ1) is 10.0. The van der Waals surface area contributed by atoms with Crippen LogP contribution in [0.1, 0.15) is 16.1 Å². The summed E-state index contributed by atoms with van der Waals surface area (Å²) in [6, 6.07) is 11.9. The van der Waals surface area contributed by atoms with Gasteiger partial charge in [0.25, 0.3) is 5.56 Å². The summed E-state index contributed by atoms with van der Waals surface area (Å²) in [5.74, 6) is -0.449. The topological polar surface area (TPSA) is 83.0 Å². The van der Waals surface area contributed by atoms with Gasteiger partial charge in [-0.05, 0) is 35.9 Å². The van der Waals surface area contributed by atoms with Crippen LogP contribution in [0.4, 0.5) is 0 Å². The zero-order valence-electron chi connectivity index (χ0n) is 11.7. The number of hydrogen-bond donors (Lipinski definition) is 2. The molecular formula is C16H13ClN2O3. The zero-order chi connectivity index (χ0) is 15.0. The summed E-state index contributed by atoms with van der Waals surface area (Å²) in [4.78, 5) is 29.5. The van der Waals surface area contributed by atoms with E-state index < -0.39 is 5.97 Å². The fraction of sp³-hybridized carbons (Fsp3) is 0.0625. The van der Waals surface area contributed by atoms with Crippen molar-refractivity contribution < 1.29 is 9.90 Å². The third-order valence-corrected chi connectivity index (χ3v) is 3.23. The second-order valence-corrected chi connectivity index (χ2v) is 4.82. The van der Waals surface area contributed by atoms with Gasteiger partial charge in [0.2, 0.25) is 0 Å². The first kappa shape index (κ1) is 15.7. The number of halogens is 1. The molecule has 0 saturated carbocycles. The van der Waals surface area contributed by atoms with E-state index in [1.807, 2.05) is 18.2 Å². The van der Waals surface area contributed by atoms with Crippen LogP contribution < -0.4 is 5.56 Å². The maximum Gasteiger partial charge on any atom is 0.335 e. The molecule has 0 aliphatic carbocycles. The van der Waals surface area contributed by atoms with Crippen molar-refractivity contribution in [1.29, 1.82) is 0 Å². The molecule has 0 fully saturated rings. The molecule has 0 atom stereocenters. The first-order valence-corrected chi connectivity index (χ1v) is 6.38. The van der Waals surface area contributed by atoms with Gasteiger partial charge in [0.05, 0.1) is 5.56 Å². The van der Waals surface area contributed by atoms with Crippen LogP contribution in [-0.2, 0) is 0 Å². The van der Waals surface area contributed by atoms with Crippen LogP contribution in [0.15, 0.2) is 47.3 Å². The first-order valence-electron chi connectivity index (χ1n) is 6.38. The van der Waals surface area contributed by atoms with Crippen molar-refractivity contribution in [3.63, 3.8) is 0 Å². The number of aromatic nitrogens is 2. The molecule has 0 amide bonds. The van der Waals surface area contributed by atoms with Crippen molar-refractivity contribution in [2.75, 3.05) is 0 Å². The molecule has 0 aliphatic rings. The van der Waals surface area contributed by atoms with E-state index >= 15 is 0 Å². The minimum Gasteiger partial charge on any atom is -0.478 e. The van der Waals surface area contributed by atoms with Crippen LogP contribution in [-0.4, -0.2) is 21.0 Å². The summed E-state index contributed by atoms with van der Waals surface area (Å²) in [5.41, 5.74) is 1.48. The number of carbonyl (C=O) groups is 1. The van der Waals surface area contributed by atoms with E-state index in [9.17, 15) is 9.59 Å². The second kappa shape index (κ2) is 5.99. The minimum atomic E-state index is -0.953. The van der Waals surface area contributed by atoms with Gasteiger partial charge in [0, 0.05) is 17.3 Å². The van der Waals surface area contributed by atoms with E-state index in [4.69, 9.17) is 5.11 Å². The molecule has 0 bridgehead atoms. The number of rotatable bonds is 2. The monoisotopic (exact) mass is 316 g/mol. The van der Waals surface area contributed by atoms with Crippen LogP contribution in [0.5, 0.6) is 0 Å². The number of carboxylic acids is 1. The number of nitrogens with zero attached hydrogens (tertiary/aromatic N) is 1. The normalized spacial score (nSPS) is 10.2. The van der Waals surface area contributed by atoms with E-state index in [0.717, 1.165) is 16.3 Å². The Hall–Kier alpha value is -2.66. The second-order valence-electron chi connectivity index (χ2n) is 4.82. The SMILES string of the molecule is Cc1cc(=O)[nH]c(-c2ccc3cc(C(=O)O)ccc3c2)n1.Cl. The summed E-state index contributed by atoms with van der Waals surface area (Å²) >= 11 is 0. The number of nitrogens with one attached hydrogen (secondary N) is 1. The average molecular weight is 317 g/mol. The summed E-state index contributed by atoms with van der Waals surface area (Å²) in [6.07, 6.45) is 0. The molecule has 3 aromatic rings. The van der Waals surface area contributed by atoms with Crippen molar-refractivity contribution >= 4 is 29.1 Å². The number of H-pyrrole nitrogens is 1. The predicted octanol–water partition coefficient (Wildman–Crippen LogP) is 3.02. The molecule has 2 aromatic carbocycles. The molecule has 1 heterocycles. The molecule has 0 unspecified atom stereocenters. The predicted molar refractivity (Wildman–Crippen MR) is 86.7 cm³/mol. The summed E-state index contributed by atoms with van der Waals surface area (Å²) in [5, 5.41) is 10.7. The maximum atomic E-state index is 11.5. The van der Waals surface area contributed by atoms with Crippen molar-refractivity contribution in [1.82, 2.24) is 9.97 Å². The molecular weight excluding hydrogens is 304 g/mol. The summed E-state index contributed by atoms with van der Waals surface area (Å²) in [7, 11) is 0. The Kier molecular flexibility index (Phi) is 4.28. The number of aryl methyl sites for hydroxylation is 1. The quantitative estimate of drug-likeness (QED) is 0.761. The number of carboxylic acid groups (broad SMARTS) is 1. The van der Waals surface area contributed by atoms with Crippen LogP contribution >= 0.6 is 12.4 Å². The highest BCUT2D eigenvalue weighted by molar-refractivity contribution is 5.95. The fourth-order valence-corrected chi connectivity index (χ4v) is 2.24. The minimum absolute atomic E-state index is 0. The highest BCUT2D eigenvalue weighted by atomic mass is 35.5. The summed E-state index contributed by atoms with van der Waals surface area (Å²) in [6.45, 7) is 1.76. The summed E-state index contributed by atoms with van der Waals surface area (Å²) < 4.78 is 0. The third-order valence-electron chi connectivity index (χ3n) is 3.23. The van der Waals surface area contributed by atoms with Crippen molar-refractivity contribution in [3.05, 3.63) is 64.1 Å². The van der Waals surface area contributed by atoms with Crippen LogP contribution in [0.2, 0.25) is 0 Å². The van der Waals surface area contributed by atoms with Gasteiger partial charge in [0.15, 0.2) is 0 Å². The number of aromatic amines is 1. The number of fused-ring (bicyclic) bond motifs is 1. The maximum absolute atomic E-state index is 11.5.